The van der Waals surface area contributed by atoms with Crippen molar-refractivity contribution < 1.29 is 9.59 Å². The molecule has 0 bridgehead atoms. The van der Waals surface area contributed by atoms with Crippen molar-refractivity contribution in [1.29, 1.82) is 0 Å². The molecule has 3 amide bonds. The highest BCUT2D eigenvalue weighted by Gasteiger charge is 2.10. The molecule has 0 aliphatic carbocycles. The molecule has 1 aromatic heterocycles. The average molecular weight is 351 g/mol. The lowest BCUT2D eigenvalue weighted by molar-refractivity contribution is -0.115. The molecule has 7 heteroatoms. The lowest BCUT2D eigenvalue weighted by atomic mass is 10.1. The number of para-hydroxylation sites is 2. The second kappa shape index (κ2) is 7.26. The van der Waals surface area contributed by atoms with Gasteiger partial charge in [-0.2, -0.15) is 0 Å². The number of hydrogen-bond acceptors (Lipinski definition) is 3. The second-order valence-electron chi connectivity index (χ2n) is 6.22. The highest BCUT2D eigenvalue weighted by Crippen LogP contribution is 2.21. The van der Waals surface area contributed by atoms with Gasteiger partial charge in [0.15, 0.2) is 0 Å². The van der Waals surface area contributed by atoms with Crippen molar-refractivity contribution in [1.82, 2.24) is 15.0 Å². The van der Waals surface area contributed by atoms with E-state index in [1.807, 2.05) is 57.2 Å². The van der Waals surface area contributed by atoms with Gasteiger partial charge in [-0.05, 0) is 44.0 Å². The van der Waals surface area contributed by atoms with Crippen molar-refractivity contribution in [2.45, 2.75) is 20.8 Å². The molecule has 0 aliphatic rings. The molecule has 0 unspecified atom stereocenters. The molecule has 0 saturated heterocycles. The Morgan fingerprint density at radius 3 is 2.50 bits per heavy atom. The number of urea groups is 1. The van der Waals surface area contributed by atoms with Crippen LogP contribution in [0.1, 0.15) is 16.7 Å². The number of aromatic nitrogens is 2. The van der Waals surface area contributed by atoms with Gasteiger partial charge in [0.05, 0.1) is 17.6 Å². The van der Waals surface area contributed by atoms with Gasteiger partial charge in [0.1, 0.15) is 6.33 Å². The van der Waals surface area contributed by atoms with E-state index in [9.17, 15) is 9.59 Å². The van der Waals surface area contributed by atoms with Crippen LogP contribution in [0.4, 0.5) is 10.5 Å². The lowest BCUT2D eigenvalue weighted by Gasteiger charge is -2.13. The summed E-state index contributed by atoms with van der Waals surface area (Å²) in [5, 5.41) is 5.39. The summed E-state index contributed by atoms with van der Waals surface area (Å²) in [5.74, 6) is -0.286. The second-order valence-corrected chi connectivity index (χ2v) is 6.22. The summed E-state index contributed by atoms with van der Waals surface area (Å²) in [6.07, 6.45) is 1.52. The average Bonchev–Trinajstić information content (AvgIpc) is 2.99. The highest BCUT2D eigenvalue weighted by molar-refractivity contribution is 5.96. The Morgan fingerprint density at radius 2 is 1.77 bits per heavy atom. The third kappa shape index (κ3) is 3.83. The number of carbonyl (C=O) groups is 2. The number of benzene rings is 2. The number of carbonyl (C=O) groups excluding carboxylic acids is 2. The maximum absolute atomic E-state index is 12.1. The van der Waals surface area contributed by atoms with Crippen molar-refractivity contribution in [2.24, 2.45) is 0 Å². The Bertz CT molecular complexity index is 954. The number of rotatable bonds is 4. The van der Waals surface area contributed by atoms with Gasteiger partial charge < -0.3 is 10.6 Å². The maximum atomic E-state index is 12.1. The van der Waals surface area contributed by atoms with Crippen molar-refractivity contribution in [3.63, 3.8) is 0 Å². The monoisotopic (exact) mass is 351 g/mol. The fourth-order valence-electron chi connectivity index (χ4n) is 2.92. The SMILES string of the molecule is Cc1cc(C)c(NC(=O)CNC(=O)Nn2cnc3ccccc32)c(C)c1. The van der Waals surface area contributed by atoms with E-state index in [2.05, 4.69) is 21.0 Å². The van der Waals surface area contributed by atoms with Crippen LogP contribution >= 0.6 is 0 Å². The molecule has 1 heterocycles. The number of fused-ring (bicyclic) bond motifs is 1. The number of nitrogens with one attached hydrogen (secondary N) is 3. The van der Waals surface area contributed by atoms with Crippen LogP contribution in [0.2, 0.25) is 0 Å². The highest BCUT2D eigenvalue weighted by atomic mass is 16.2. The molecule has 7 nitrogen and oxygen atoms in total. The third-order valence-corrected chi connectivity index (χ3v) is 4.03. The van der Waals surface area contributed by atoms with E-state index in [0.717, 1.165) is 33.4 Å². The molecule has 0 aliphatic heterocycles. The molecular weight excluding hydrogens is 330 g/mol. The van der Waals surface area contributed by atoms with E-state index < -0.39 is 6.03 Å². The number of imidazole rings is 1. The first-order valence-corrected chi connectivity index (χ1v) is 8.28. The Morgan fingerprint density at radius 1 is 1.08 bits per heavy atom. The molecule has 3 aromatic rings. The van der Waals surface area contributed by atoms with Gasteiger partial charge in [0.25, 0.3) is 0 Å². The van der Waals surface area contributed by atoms with E-state index in [1.54, 1.807) is 0 Å². The van der Waals surface area contributed by atoms with Crippen molar-refractivity contribution >= 4 is 28.7 Å². The predicted molar refractivity (Wildman–Crippen MR) is 102 cm³/mol. The van der Waals surface area contributed by atoms with Crippen molar-refractivity contribution in [3.05, 3.63) is 59.4 Å². The summed E-state index contributed by atoms with van der Waals surface area (Å²) in [6.45, 7) is 5.77. The number of nitrogens with zero attached hydrogens (tertiary/aromatic N) is 2. The van der Waals surface area contributed by atoms with Gasteiger partial charge in [0, 0.05) is 5.69 Å². The summed E-state index contributed by atoms with van der Waals surface area (Å²) in [4.78, 5) is 28.4. The van der Waals surface area contributed by atoms with E-state index in [-0.39, 0.29) is 12.5 Å². The van der Waals surface area contributed by atoms with Crippen LogP contribution in [0, 0.1) is 20.8 Å². The van der Waals surface area contributed by atoms with E-state index in [4.69, 9.17) is 0 Å². The zero-order valence-corrected chi connectivity index (χ0v) is 15.0. The van der Waals surface area contributed by atoms with Crippen LogP contribution in [-0.4, -0.2) is 28.1 Å². The van der Waals surface area contributed by atoms with E-state index >= 15 is 0 Å². The quantitative estimate of drug-likeness (QED) is 0.675. The van der Waals surface area contributed by atoms with Gasteiger partial charge in [-0.15, -0.1) is 0 Å². The number of hydrogen-bond donors (Lipinski definition) is 3. The molecule has 0 atom stereocenters. The molecule has 0 saturated carbocycles. The topological polar surface area (TPSA) is 88.0 Å². The molecular formula is C19H21N5O2. The standard InChI is InChI=1S/C19H21N5O2/c1-12-8-13(2)18(14(3)9-12)22-17(25)10-20-19(26)23-24-11-21-15-6-4-5-7-16(15)24/h4-9,11H,10H2,1-3H3,(H,22,25)(H2,20,23,26). The molecule has 134 valence electrons. The summed E-state index contributed by atoms with van der Waals surface area (Å²) < 4.78 is 1.51. The van der Waals surface area contributed by atoms with Crippen LogP contribution in [0.3, 0.4) is 0 Å². The molecule has 0 fully saturated rings. The van der Waals surface area contributed by atoms with Gasteiger partial charge in [-0.3, -0.25) is 4.79 Å². The minimum absolute atomic E-state index is 0.134. The molecule has 0 radical (unpaired) electrons. The lowest BCUT2D eigenvalue weighted by Crippen LogP contribution is -2.38. The first-order valence-electron chi connectivity index (χ1n) is 8.28. The Kier molecular flexibility index (Phi) is 4.88. The van der Waals surface area contributed by atoms with Crippen LogP contribution in [0.5, 0.6) is 0 Å². The molecule has 3 rings (SSSR count). The fraction of sp³-hybridized carbons (Fsp3) is 0.211. The minimum Gasteiger partial charge on any atom is -0.328 e. The van der Waals surface area contributed by atoms with Crippen molar-refractivity contribution in [3.8, 4) is 0 Å². The number of aryl methyl sites for hydroxylation is 3. The van der Waals surface area contributed by atoms with Gasteiger partial charge >= 0.3 is 6.03 Å². The van der Waals surface area contributed by atoms with Crippen LogP contribution in [0.25, 0.3) is 11.0 Å². The Hall–Kier alpha value is -3.35. The zero-order chi connectivity index (χ0) is 18.7. The number of anilines is 1. The Balaban J connectivity index is 1.57. The summed E-state index contributed by atoms with van der Waals surface area (Å²) in [7, 11) is 0. The fourth-order valence-corrected chi connectivity index (χ4v) is 2.92. The van der Waals surface area contributed by atoms with Gasteiger partial charge in [-0.1, -0.05) is 29.8 Å². The van der Waals surface area contributed by atoms with Crippen LogP contribution < -0.4 is 16.1 Å². The van der Waals surface area contributed by atoms with Crippen LogP contribution in [-0.2, 0) is 4.79 Å². The normalized spacial score (nSPS) is 10.6. The largest absolute Gasteiger partial charge is 0.334 e. The van der Waals surface area contributed by atoms with E-state index in [1.165, 1.54) is 11.0 Å². The molecule has 0 spiro atoms. The minimum atomic E-state index is -0.486. The predicted octanol–water partition coefficient (Wildman–Crippen LogP) is 2.85. The smallest absolute Gasteiger partial charge is 0.328 e. The molecule has 3 N–H and O–H groups in total. The zero-order valence-electron chi connectivity index (χ0n) is 15.0. The molecule has 26 heavy (non-hydrogen) atoms. The van der Waals surface area contributed by atoms with E-state index in [0.29, 0.717) is 0 Å². The number of amides is 3. The summed E-state index contributed by atoms with van der Waals surface area (Å²) in [5.41, 5.74) is 8.09. The third-order valence-electron chi connectivity index (χ3n) is 4.03. The van der Waals surface area contributed by atoms with Crippen molar-refractivity contribution in [2.75, 3.05) is 17.3 Å². The van der Waals surface area contributed by atoms with Gasteiger partial charge in [-0.25, -0.2) is 19.9 Å². The summed E-state index contributed by atoms with van der Waals surface area (Å²) in [6, 6.07) is 11.0. The van der Waals surface area contributed by atoms with Crippen LogP contribution in [0.15, 0.2) is 42.7 Å². The summed E-state index contributed by atoms with van der Waals surface area (Å²) >= 11 is 0. The first-order chi connectivity index (χ1) is 12.4. The Labute approximate surface area is 151 Å². The first kappa shape index (κ1) is 17.5. The maximum Gasteiger partial charge on any atom is 0.334 e. The molecule has 2 aromatic carbocycles. The van der Waals surface area contributed by atoms with Gasteiger partial charge in [0.2, 0.25) is 5.91 Å².